The first-order valence-corrected chi connectivity index (χ1v) is 6.94. The molecule has 0 radical (unpaired) electrons. The number of aromatic nitrogens is 1. The number of nitrogens with one attached hydrogen (secondary N) is 1. The summed E-state index contributed by atoms with van der Waals surface area (Å²) >= 11 is 0. The fraction of sp³-hybridized carbons (Fsp3) is 0.600. The van der Waals surface area contributed by atoms with Gasteiger partial charge in [-0.3, -0.25) is 9.00 Å². The number of amides is 1. The van der Waals surface area contributed by atoms with Crippen molar-refractivity contribution in [3.63, 3.8) is 0 Å². The summed E-state index contributed by atoms with van der Waals surface area (Å²) in [5.74, 6) is 1.45. The van der Waals surface area contributed by atoms with E-state index in [1.165, 1.54) is 0 Å². The van der Waals surface area contributed by atoms with E-state index in [-0.39, 0.29) is 5.91 Å². The van der Waals surface area contributed by atoms with Crippen molar-refractivity contribution in [2.75, 3.05) is 18.6 Å². The second-order valence-corrected chi connectivity index (χ2v) is 5.48. The lowest BCUT2D eigenvalue weighted by molar-refractivity contribution is 0.0947. The lowest BCUT2D eigenvalue weighted by atomic mass is 10.3. The molecule has 1 saturated carbocycles. The highest BCUT2D eigenvalue weighted by Gasteiger charge is 2.28. The third kappa shape index (κ3) is 2.91. The second-order valence-electron chi connectivity index (χ2n) is 3.92. The molecule has 1 aromatic rings. The van der Waals surface area contributed by atoms with Gasteiger partial charge in [-0.15, -0.1) is 0 Å². The predicted octanol–water partition coefficient (Wildman–Crippen LogP) is 0.660. The number of carbonyl (C=O) groups excluding carboxylic acids is 1. The second kappa shape index (κ2) is 4.78. The molecule has 1 aliphatic carbocycles. The summed E-state index contributed by atoms with van der Waals surface area (Å²) in [6, 6.07) is 1.69. The largest absolute Gasteiger partial charge is 0.360 e. The topological polar surface area (TPSA) is 72.2 Å². The highest BCUT2D eigenvalue weighted by molar-refractivity contribution is 7.84. The molecule has 0 aliphatic heterocycles. The fourth-order valence-electron chi connectivity index (χ4n) is 1.36. The molecule has 88 valence electrons. The van der Waals surface area contributed by atoms with Gasteiger partial charge in [-0.2, -0.15) is 0 Å². The van der Waals surface area contributed by atoms with Crippen LogP contribution in [0.3, 0.4) is 0 Å². The monoisotopic (exact) mass is 242 g/mol. The van der Waals surface area contributed by atoms with Crippen molar-refractivity contribution < 1.29 is 13.5 Å². The normalized spacial score (nSPS) is 17.1. The van der Waals surface area contributed by atoms with Gasteiger partial charge in [-0.1, -0.05) is 5.16 Å². The zero-order valence-electron chi connectivity index (χ0n) is 9.06. The molecule has 0 aromatic carbocycles. The van der Waals surface area contributed by atoms with Gasteiger partial charge in [0, 0.05) is 41.3 Å². The minimum absolute atomic E-state index is 0.263. The molecule has 1 heterocycles. The SMILES string of the molecule is C[S@@](=O)CCNC(=O)c1cc(C2CC2)on1. The molecule has 1 N–H and O–H groups in total. The van der Waals surface area contributed by atoms with Gasteiger partial charge in [-0.25, -0.2) is 0 Å². The van der Waals surface area contributed by atoms with Gasteiger partial charge in [0.05, 0.1) is 0 Å². The van der Waals surface area contributed by atoms with Crippen molar-refractivity contribution in [1.29, 1.82) is 0 Å². The van der Waals surface area contributed by atoms with Crippen molar-refractivity contribution in [3.05, 3.63) is 17.5 Å². The Balaban J connectivity index is 1.85. The highest BCUT2D eigenvalue weighted by atomic mass is 32.2. The van der Waals surface area contributed by atoms with Crippen LogP contribution < -0.4 is 5.32 Å². The Morgan fingerprint density at radius 2 is 2.44 bits per heavy atom. The first kappa shape index (κ1) is 11.3. The number of nitrogens with zero attached hydrogens (tertiary/aromatic N) is 1. The third-order valence-corrected chi connectivity index (χ3v) is 3.19. The first-order chi connectivity index (χ1) is 7.66. The Labute approximate surface area is 96.0 Å². The van der Waals surface area contributed by atoms with Crippen molar-refractivity contribution in [2.24, 2.45) is 0 Å². The van der Waals surface area contributed by atoms with Crippen molar-refractivity contribution in [2.45, 2.75) is 18.8 Å². The quantitative estimate of drug-likeness (QED) is 0.823. The molecule has 5 nitrogen and oxygen atoms in total. The molecule has 0 bridgehead atoms. The molecule has 0 saturated heterocycles. The van der Waals surface area contributed by atoms with Crippen LogP contribution in [0.2, 0.25) is 0 Å². The van der Waals surface area contributed by atoms with Crippen LogP contribution in [0.5, 0.6) is 0 Å². The molecule has 1 fully saturated rings. The molecule has 2 rings (SSSR count). The van der Waals surface area contributed by atoms with Crippen LogP contribution in [-0.2, 0) is 10.8 Å². The Bertz CT molecular complexity index is 412. The summed E-state index contributed by atoms with van der Waals surface area (Å²) in [6.45, 7) is 0.396. The van der Waals surface area contributed by atoms with Crippen LogP contribution in [0, 0.1) is 0 Å². The molecule has 1 aliphatic rings. The maximum atomic E-state index is 11.5. The van der Waals surface area contributed by atoms with Gasteiger partial charge in [-0.05, 0) is 12.8 Å². The van der Waals surface area contributed by atoms with E-state index >= 15 is 0 Å². The lowest BCUT2D eigenvalue weighted by Crippen LogP contribution is -2.27. The van der Waals surface area contributed by atoms with Gasteiger partial charge in [0.25, 0.3) is 5.91 Å². The van der Waals surface area contributed by atoms with Gasteiger partial charge >= 0.3 is 0 Å². The van der Waals surface area contributed by atoms with Crippen molar-refractivity contribution in [1.82, 2.24) is 10.5 Å². The number of rotatable bonds is 5. The van der Waals surface area contributed by atoms with E-state index < -0.39 is 10.8 Å². The summed E-state index contributed by atoms with van der Waals surface area (Å²) in [4.78, 5) is 11.5. The van der Waals surface area contributed by atoms with Crippen molar-refractivity contribution >= 4 is 16.7 Å². The van der Waals surface area contributed by atoms with E-state index in [2.05, 4.69) is 10.5 Å². The molecule has 0 spiro atoms. The van der Waals surface area contributed by atoms with Crippen LogP contribution in [0.1, 0.15) is 35.0 Å². The average molecular weight is 242 g/mol. The third-order valence-electron chi connectivity index (χ3n) is 2.42. The van der Waals surface area contributed by atoms with E-state index in [9.17, 15) is 9.00 Å². The maximum Gasteiger partial charge on any atom is 0.273 e. The standard InChI is InChI=1S/C10H14N2O3S/c1-16(14)5-4-11-10(13)8-6-9(15-12-8)7-2-3-7/h6-7H,2-5H2,1H3,(H,11,13)/t16-/m1/s1. The Morgan fingerprint density at radius 1 is 1.69 bits per heavy atom. The minimum Gasteiger partial charge on any atom is -0.360 e. The Morgan fingerprint density at radius 3 is 3.06 bits per heavy atom. The lowest BCUT2D eigenvalue weighted by Gasteiger charge is -1.99. The van der Waals surface area contributed by atoms with E-state index in [1.807, 2.05) is 0 Å². The highest BCUT2D eigenvalue weighted by Crippen LogP contribution is 2.40. The van der Waals surface area contributed by atoms with E-state index in [0.29, 0.717) is 23.9 Å². The average Bonchev–Trinajstić information content (AvgIpc) is 2.96. The van der Waals surface area contributed by atoms with Crippen LogP contribution in [0.4, 0.5) is 0 Å². The molecule has 16 heavy (non-hydrogen) atoms. The zero-order valence-corrected chi connectivity index (χ0v) is 9.88. The van der Waals surface area contributed by atoms with Crippen LogP contribution in [-0.4, -0.2) is 33.8 Å². The smallest absolute Gasteiger partial charge is 0.273 e. The molecule has 1 aromatic heterocycles. The fourth-order valence-corrected chi connectivity index (χ4v) is 1.74. The van der Waals surface area contributed by atoms with E-state index in [4.69, 9.17) is 4.52 Å². The van der Waals surface area contributed by atoms with E-state index in [1.54, 1.807) is 12.3 Å². The maximum absolute atomic E-state index is 11.5. The summed E-state index contributed by atoms with van der Waals surface area (Å²) in [5.41, 5.74) is 0.309. The molecule has 1 amide bonds. The van der Waals surface area contributed by atoms with Gasteiger partial charge < -0.3 is 9.84 Å². The Hall–Kier alpha value is -1.17. The predicted molar refractivity (Wildman–Crippen MR) is 59.7 cm³/mol. The summed E-state index contributed by atoms with van der Waals surface area (Å²) in [7, 11) is -0.889. The van der Waals surface area contributed by atoms with Crippen LogP contribution >= 0.6 is 0 Å². The summed E-state index contributed by atoms with van der Waals surface area (Å²) in [6.07, 6.45) is 3.84. The first-order valence-electron chi connectivity index (χ1n) is 5.21. The molecular formula is C10H14N2O3S. The number of carbonyl (C=O) groups is 1. The Kier molecular flexibility index (Phi) is 3.38. The summed E-state index contributed by atoms with van der Waals surface area (Å²) in [5, 5.41) is 6.36. The molecule has 6 heteroatoms. The van der Waals surface area contributed by atoms with Gasteiger partial charge in [0.2, 0.25) is 0 Å². The summed E-state index contributed by atoms with van der Waals surface area (Å²) < 4.78 is 15.9. The van der Waals surface area contributed by atoms with Crippen LogP contribution in [0.15, 0.2) is 10.6 Å². The van der Waals surface area contributed by atoms with Gasteiger partial charge in [0.1, 0.15) is 5.76 Å². The zero-order chi connectivity index (χ0) is 11.5. The molecule has 1 atom stereocenters. The minimum atomic E-state index is -0.889. The van der Waals surface area contributed by atoms with E-state index in [0.717, 1.165) is 18.6 Å². The number of hydrogen-bond acceptors (Lipinski definition) is 4. The van der Waals surface area contributed by atoms with Crippen molar-refractivity contribution in [3.8, 4) is 0 Å². The van der Waals surface area contributed by atoms with Gasteiger partial charge in [0.15, 0.2) is 5.69 Å². The molecule has 0 unspecified atom stereocenters. The van der Waals surface area contributed by atoms with Crippen LogP contribution in [0.25, 0.3) is 0 Å². The number of hydrogen-bond donors (Lipinski definition) is 1. The molecular weight excluding hydrogens is 228 g/mol.